The molecule has 1 heterocycles. The first-order chi connectivity index (χ1) is 8.35. The van der Waals surface area contributed by atoms with Crippen molar-refractivity contribution in [3.8, 4) is 11.8 Å². The lowest BCUT2D eigenvalue weighted by Crippen LogP contribution is -2.21. The van der Waals surface area contributed by atoms with Crippen LogP contribution in [0.2, 0.25) is 0 Å². The summed E-state index contributed by atoms with van der Waals surface area (Å²) in [6.45, 7) is 0.969. The van der Waals surface area contributed by atoms with Crippen LogP contribution in [-0.2, 0) is 0 Å². The minimum absolute atomic E-state index is 0.757. The average Bonchev–Trinajstić information content (AvgIpc) is 2.42. The molecule has 1 fully saturated rings. The predicted molar refractivity (Wildman–Crippen MR) is 67.4 cm³/mol. The molecular weight excluding hydrogens is 212 g/mol. The van der Waals surface area contributed by atoms with E-state index in [2.05, 4.69) is 11.4 Å². The number of allylic oxidation sites excluding steroid dienone is 2. The number of benzene rings is 1. The molecule has 0 bridgehead atoms. The Hall–Kier alpha value is -1.95. The van der Waals surface area contributed by atoms with Gasteiger partial charge in [0.05, 0.1) is 12.7 Å². The largest absolute Gasteiger partial charge is 0.497 e. The van der Waals surface area contributed by atoms with E-state index < -0.39 is 0 Å². The van der Waals surface area contributed by atoms with Gasteiger partial charge in [0.1, 0.15) is 11.8 Å². The molecule has 0 spiro atoms. The van der Waals surface area contributed by atoms with E-state index in [9.17, 15) is 5.26 Å². The molecule has 3 nitrogen and oxygen atoms in total. The summed E-state index contributed by atoms with van der Waals surface area (Å²) in [5, 5.41) is 12.6. The Morgan fingerprint density at radius 3 is 2.59 bits per heavy atom. The summed E-state index contributed by atoms with van der Waals surface area (Å²) in [5.74, 6) is 0.813. The van der Waals surface area contributed by atoms with E-state index in [1.807, 2.05) is 24.3 Å². The maximum Gasteiger partial charge on any atom is 0.118 e. The molecule has 1 aliphatic heterocycles. The lowest BCUT2D eigenvalue weighted by Gasteiger charge is -2.18. The second kappa shape index (κ2) is 5.40. The normalized spacial score (nSPS) is 17.9. The number of methoxy groups -OCH3 is 1. The van der Waals surface area contributed by atoms with Gasteiger partial charge in [-0.05, 0) is 49.1 Å². The Labute approximate surface area is 102 Å². The van der Waals surface area contributed by atoms with Crippen LogP contribution in [0, 0.1) is 11.3 Å². The van der Waals surface area contributed by atoms with Crippen LogP contribution in [0.4, 0.5) is 0 Å². The molecule has 1 aromatic carbocycles. The Morgan fingerprint density at radius 1 is 1.29 bits per heavy atom. The van der Waals surface area contributed by atoms with E-state index in [0.717, 1.165) is 42.0 Å². The van der Waals surface area contributed by atoms with Crippen molar-refractivity contribution in [2.75, 3.05) is 13.7 Å². The van der Waals surface area contributed by atoms with Crippen LogP contribution in [0.25, 0.3) is 5.57 Å². The third-order valence-corrected chi connectivity index (χ3v) is 2.98. The van der Waals surface area contributed by atoms with Gasteiger partial charge in [0.15, 0.2) is 0 Å². The molecule has 0 saturated carbocycles. The molecule has 0 atom stereocenters. The first-order valence-electron chi connectivity index (χ1n) is 5.86. The van der Waals surface area contributed by atoms with Gasteiger partial charge in [-0.15, -0.1) is 0 Å². The summed E-state index contributed by atoms with van der Waals surface area (Å²) in [6, 6.07) is 9.93. The van der Waals surface area contributed by atoms with E-state index in [0.29, 0.717) is 0 Å². The second-order valence-electron chi connectivity index (χ2n) is 4.08. The Kier molecular flexibility index (Phi) is 3.66. The van der Waals surface area contributed by atoms with Crippen molar-refractivity contribution in [3.63, 3.8) is 0 Å². The SMILES string of the molecule is COc1ccc(C(C#N)=C2CCCCN2)cc1. The summed E-state index contributed by atoms with van der Waals surface area (Å²) in [4.78, 5) is 0. The summed E-state index contributed by atoms with van der Waals surface area (Å²) in [7, 11) is 1.64. The fourth-order valence-electron chi connectivity index (χ4n) is 2.03. The molecule has 17 heavy (non-hydrogen) atoms. The molecule has 0 aliphatic carbocycles. The van der Waals surface area contributed by atoms with Gasteiger partial charge in [0.2, 0.25) is 0 Å². The van der Waals surface area contributed by atoms with E-state index in [1.165, 1.54) is 6.42 Å². The van der Waals surface area contributed by atoms with Crippen molar-refractivity contribution in [2.24, 2.45) is 0 Å². The molecule has 2 rings (SSSR count). The third kappa shape index (κ3) is 2.59. The topological polar surface area (TPSA) is 45.0 Å². The number of hydrogen-bond donors (Lipinski definition) is 1. The summed E-state index contributed by atoms with van der Waals surface area (Å²) < 4.78 is 5.11. The van der Waals surface area contributed by atoms with E-state index in [1.54, 1.807) is 7.11 Å². The molecule has 0 unspecified atom stereocenters. The summed E-state index contributed by atoms with van der Waals surface area (Å²) in [6.07, 6.45) is 3.31. The maximum absolute atomic E-state index is 9.28. The standard InChI is InChI=1S/C14H16N2O/c1-17-12-7-5-11(6-8-12)13(10-15)14-4-2-3-9-16-14/h5-8,16H,2-4,9H2,1H3. The van der Waals surface area contributed by atoms with E-state index in [-0.39, 0.29) is 0 Å². The van der Waals surface area contributed by atoms with Crippen LogP contribution < -0.4 is 10.1 Å². The van der Waals surface area contributed by atoms with E-state index in [4.69, 9.17) is 4.74 Å². The molecule has 1 saturated heterocycles. The molecule has 1 aliphatic rings. The summed E-state index contributed by atoms with van der Waals surface area (Å²) >= 11 is 0. The number of nitrogens with one attached hydrogen (secondary N) is 1. The number of nitriles is 1. The zero-order chi connectivity index (χ0) is 12.1. The van der Waals surface area contributed by atoms with Gasteiger partial charge in [-0.1, -0.05) is 0 Å². The van der Waals surface area contributed by atoms with Crippen LogP contribution in [-0.4, -0.2) is 13.7 Å². The molecule has 88 valence electrons. The smallest absolute Gasteiger partial charge is 0.118 e. The minimum Gasteiger partial charge on any atom is -0.497 e. The van der Waals surface area contributed by atoms with Gasteiger partial charge in [0.25, 0.3) is 0 Å². The molecule has 3 heteroatoms. The number of ether oxygens (including phenoxy) is 1. The second-order valence-corrected chi connectivity index (χ2v) is 4.08. The summed E-state index contributed by atoms with van der Waals surface area (Å²) in [5.41, 5.74) is 2.79. The van der Waals surface area contributed by atoms with Crippen LogP contribution in [0.3, 0.4) is 0 Å². The van der Waals surface area contributed by atoms with Crippen LogP contribution in [0.1, 0.15) is 24.8 Å². The van der Waals surface area contributed by atoms with Crippen molar-refractivity contribution < 1.29 is 4.74 Å². The quantitative estimate of drug-likeness (QED) is 0.791. The Balaban J connectivity index is 2.31. The number of piperidine rings is 1. The monoisotopic (exact) mass is 228 g/mol. The molecule has 1 aromatic rings. The first-order valence-corrected chi connectivity index (χ1v) is 5.86. The fourth-order valence-corrected chi connectivity index (χ4v) is 2.03. The van der Waals surface area contributed by atoms with Gasteiger partial charge >= 0.3 is 0 Å². The van der Waals surface area contributed by atoms with Crippen LogP contribution in [0.5, 0.6) is 5.75 Å². The van der Waals surface area contributed by atoms with Gasteiger partial charge in [-0.25, -0.2) is 0 Å². The molecule has 0 aromatic heterocycles. The zero-order valence-corrected chi connectivity index (χ0v) is 9.99. The van der Waals surface area contributed by atoms with Gasteiger partial charge in [-0.2, -0.15) is 5.26 Å². The van der Waals surface area contributed by atoms with Crippen molar-refractivity contribution >= 4 is 5.57 Å². The number of nitrogens with zero attached hydrogens (tertiary/aromatic N) is 1. The lowest BCUT2D eigenvalue weighted by atomic mass is 9.99. The van der Waals surface area contributed by atoms with Crippen LogP contribution in [0.15, 0.2) is 30.0 Å². The molecule has 0 radical (unpaired) electrons. The van der Waals surface area contributed by atoms with Gasteiger partial charge < -0.3 is 10.1 Å². The zero-order valence-electron chi connectivity index (χ0n) is 9.99. The highest BCUT2D eigenvalue weighted by atomic mass is 16.5. The maximum atomic E-state index is 9.28. The highest BCUT2D eigenvalue weighted by molar-refractivity contribution is 5.79. The highest BCUT2D eigenvalue weighted by Crippen LogP contribution is 2.24. The number of hydrogen-bond acceptors (Lipinski definition) is 3. The lowest BCUT2D eigenvalue weighted by molar-refractivity contribution is 0.415. The highest BCUT2D eigenvalue weighted by Gasteiger charge is 2.12. The van der Waals surface area contributed by atoms with Crippen molar-refractivity contribution in [2.45, 2.75) is 19.3 Å². The first kappa shape index (κ1) is 11.5. The Morgan fingerprint density at radius 2 is 2.06 bits per heavy atom. The Bertz CT molecular complexity index is 446. The van der Waals surface area contributed by atoms with Gasteiger partial charge in [0, 0.05) is 12.2 Å². The van der Waals surface area contributed by atoms with E-state index >= 15 is 0 Å². The average molecular weight is 228 g/mol. The molecule has 1 N–H and O–H groups in total. The molecular formula is C14H16N2O. The minimum atomic E-state index is 0.757. The van der Waals surface area contributed by atoms with Crippen LogP contribution >= 0.6 is 0 Å². The van der Waals surface area contributed by atoms with Crippen molar-refractivity contribution in [1.29, 1.82) is 5.26 Å². The molecule has 0 amide bonds. The van der Waals surface area contributed by atoms with Gasteiger partial charge in [-0.3, -0.25) is 0 Å². The van der Waals surface area contributed by atoms with Crippen molar-refractivity contribution in [1.82, 2.24) is 5.32 Å². The predicted octanol–water partition coefficient (Wildman–Crippen LogP) is 2.70. The third-order valence-electron chi connectivity index (χ3n) is 2.98. The fraction of sp³-hybridized carbons (Fsp3) is 0.357. The van der Waals surface area contributed by atoms with Crippen molar-refractivity contribution in [3.05, 3.63) is 35.5 Å². The number of rotatable bonds is 2.